The predicted molar refractivity (Wildman–Crippen MR) is 80.0 cm³/mol. The number of methoxy groups -OCH3 is 2. The second-order valence-electron chi connectivity index (χ2n) is 4.82. The Morgan fingerprint density at radius 3 is 2.42 bits per heavy atom. The summed E-state index contributed by atoms with van der Waals surface area (Å²) in [6, 6.07) is 6.69. The van der Waals surface area contributed by atoms with Crippen LogP contribution < -0.4 is 14.8 Å². The average molecular weight is 265 g/mol. The van der Waals surface area contributed by atoms with Crippen LogP contribution in [0.1, 0.15) is 45.1 Å². The van der Waals surface area contributed by atoms with Crippen LogP contribution in [0.5, 0.6) is 11.5 Å². The van der Waals surface area contributed by atoms with E-state index in [0.29, 0.717) is 6.04 Å². The fourth-order valence-electron chi connectivity index (χ4n) is 2.15. The van der Waals surface area contributed by atoms with Crippen molar-refractivity contribution in [2.75, 3.05) is 14.2 Å². The molecule has 3 heteroatoms. The highest BCUT2D eigenvalue weighted by molar-refractivity contribution is 5.42. The van der Waals surface area contributed by atoms with Gasteiger partial charge in [0, 0.05) is 12.6 Å². The summed E-state index contributed by atoms with van der Waals surface area (Å²) in [5.41, 5.74) is 1.23. The van der Waals surface area contributed by atoms with Gasteiger partial charge in [0.05, 0.1) is 14.2 Å². The molecule has 1 aromatic carbocycles. The van der Waals surface area contributed by atoms with Crippen molar-refractivity contribution in [3.8, 4) is 11.5 Å². The number of ether oxygens (including phenoxy) is 2. The molecule has 1 N–H and O–H groups in total. The number of benzene rings is 1. The lowest BCUT2D eigenvalue weighted by molar-refractivity contribution is 0.354. The molecule has 0 radical (unpaired) electrons. The Kier molecular flexibility index (Phi) is 7.34. The zero-order chi connectivity index (χ0) is 14.1. The molecule has 0 heterocycles. The number of rotatable bonds is 9. The standard InChI is InChI=1S/C16H27NO2/c1-5-7-8-14(6-2)17-12-13-9-10-15(18-3)16(11-13)19-4/h9-11,14,17H,5-8,12H2,1-4H3. The zero-order valence-corrected chi connectivity index (χ0v) is 12.7. The molecule has 0 fully saturated rings. The van der Waals surface area contributed by atoms with Crippen molar-refractivity contribution < 1.29 is 9.47 Å². The number of hydrogen-bond donors (Lipinski definition) is 1. The van der Waals surface area contributed by atoms with E-state index in [1.807, 2.05) is 12.1 Å². The van der Waals surface area contributed by atoms with Crippen molar-refractivity contribution in [1.82, 2.24) is 5.32 Å². The Hall–Kier alpha value is -1.22. The Labute approximate surface area is 117 Å². The van der Waals surface area contributed by atoms with Crippen molar-refractivity contribution in [3.63, 3.8) is 0 Å². The summed E-state index contributed by atoms with van der Waals surface area (Å²) in [4.78, 5) is 0. The van der Waals surface area contributed by atoms with Crippen LogP contribution in [0, 0.1) is 0 Å². The van der Waals surface area contributed by atoms with Crippen molar-refractivity contribution in [1.29, 1.82) is 0 Å². The first-order valence-electron chi connectivity index (χ1n) is 7.19. The topological polar surface area (TPSA) is 30.5 Å². The van der Waals surface area contributed by atoms with Crippen LogP contribution in [0.2, 0.25) is 0 Å². The summed E-state index contributed by atoms with van der Waals surface area (Å²) in [6.45, 7) is 5.35. The van der Waals surface area contributed by atoms with E-state index in [1.165, 1.54) is 31.2 Å². The third-order valence-corrected chi connectivity index (χ3v) is 3.44. The van der Waals surface area contributed by atoms with E-state index in [-0.39, 0.29) is 0 Å². The maximum absolute atomic E-state index is 5.32. The van der Waals surface area contributed by atoms with Gasteiger partial charge >= 0.3 is 0 Å². The molecule has 1 rings (SSSR count). The molecule has 0 saturated carbocycles. The van der Waals surface area contributed by atoms with Crippen LogP contribution >= 0.6 is 0 Å². The van der Waals surface area contributed by atoms with Gasteiger partial charge in [0.25, 0.3) is 0 Å². The molecule has 108 valence electrons. The predicted octanol–water partition coefficient (Wildman–Crippen LogP) is 3.76. The van der Waals surface area contributed by atoms with Crippen molar-refractivity contribution in [2.45, 2.75) is 52.1 Å². The van der Waals surface area contributed by atoms with Gasteiger partial charge in [0.2, 0.25) is 0 Å². The van der Waals surface area contributed by atoms with Gasteiger partial charge in [-0.15, -0.1) is 0 Å². The van der Waals surface area contributed by atoms with Gasteiger partial charge in [0.1, 0.15) is 0 Å². The van der Waals surface area contributed by atoms with Gasteiger partial charge in [-0.1, -0.05) is 32.8 Å². The molecule has 0 aromatic heterocycles. The van der Waals surface area contributed by atoms with Crippen LogP contribution in [0.15, 0.2) is 18.2 Å². The lowest BCUT2D eigenvalue weighted by atomic mass is 10.1. The number of hydrogen-bond acceptors (Lipinski definition) is 3. The summed E-state index contributed by atoms with van der Waals surface area (Å²) >= 11 is 0. The molecule has 0 spiro atoms. The molecule has 0 amide bonds. The monoisotopic (exact) mass is 265 g/mol. The van der Waals surface area contributed by atoms with Crippen LogP contribution in [0.3, 0.4) is 0 Å². The molecule has 1 atom stereocenters. The molecule has 1 unspecified atom stereocenters. The normalized spacial score (nSPS) is 12.2. The van der Waals surface area contributed by atoms with E-state index in [0.717, 1.165) is 18.0 Å². The molecular formula is C16H27NO2. The molecule has 0 aliphatic rings. The van der Waals surface area contributed by atoms with Crippen LogP contribution in [0.25, 0.3) is 0 Å². The zero-order valence-electron chi connectivity index (χ0n) is 12.7. The fourth-order valence-corrected chi connectivity index (χ4v) is 2.15. The largest absolute Gasteiger partial charge is 0.493 e. The lowest BCUT2D eigenvalue weighted by Crippen LogP contribution is -2.27. The highest BCUT2D eigenvalue weighted by atomic mass is 16.5. The van der Waals surface area contributed by atoms with E-state index in [2.05, 4.69) is 25.2 Å². The van der Waals surface area contributed by atoms with Crippen LogP contribution in [-0.2, 0) is 6.54 Å². The minimum absolute atomic E-state index is 0.605. The SMILES string of the molecule is CCCCC(CC)NCc1ccc(OC)c(OC)c1. The molecule has 19 heavy (non-hydrogen) atoms. The van der Waals surface area contributed by atoms with Gasteiger partial charge in [-0.3, -0.25) is 0 Å². The molecule has 0 saturated heterocycles. The van der Waals surface area contributed by atoms with E-state index in [1.54, 1.807) is 14.2 Å². The molecule has 3 nitrogen and oxygen atoms in total. The van der Waals surface area contributed by atoms with Crippen molar-refractivity contribution in [2.24, 2.45) is 0 Å². The molecule has 0 bridgehead atoms. The second-order valence-corrected chi connectivity index (χ2v) is 4.82. The van der Waals surface area contributed by atoms with E-state index < -0.39 is 0 Å². The minimum Gasteiger partial charge on any atom is -0.493 e. The summed E-state index contributed by atoms with van der Waals surface area (Å²) in [6.07, 6.45) is 4.97. The maximum atomic E-state index is 5.32. The lowest BCUT2D eigenvalue weighted by Gasteiger charge is -2.17. The van der Waals surface area contributed by atoms with Crippen molar-refractivity contribution >= 4 is 0 Å². The minimum atomic E-state index is 0.605. The van der Waals surface area contributed by atoms with Gasteiger partial charge in [-0.2, -0.15) is 0 Å². The summed E-state index contributed by atoms with van der Waals surface area (Å²) in [5, 5.41) is 3.61. The summed E-state index contributed by atoms with van der Waals surface area (Å²) in [7, 11) is 3.33. The smallest absolute Gasteiger partial charge is 0.161 e. The number of nitrogens with one attached hydrogen (secondary N) is 1. The third-order valence-electron chi connectivity index (χ3n) is 3.44. The van der Waals surface area contributed by atoms with Gasteiger partial charge in [-0.25, -0.2) is 0 Å². The van der Waals surface area contributed by atoms with Crippen molar-refractivity contribution in [3.05, 3.63) is 23.8 Å². The first-order valence-corrected chi connectivity index (χ1v) is 7.19. The van der Waals surface area contributed by atoms with Gasteiger partial charge < -0.3 is 14.8 Å². The second kappa shape index (κ2) is 8.81. The maximum Gasteiger partial charge on any atom is 0.161 e. The van der Waals surface area contributed by atoms with Gasteiger partial charge in [0.15, 0.2) is 11.5 Å². The highest BCUT2D eigenvalue weighted by Crippen LogP contribution is 2.27. The Morgan fingerprint density at radius 2 is 1.84 bits per heavy atom. The first kappa shape index (κ1) is 15.8. The van der Waals surface area contributed by atoms with Crippen LogP contribution in [-0.4, -0.2) is 20.3 Å². The molecule has 1 aromatic rings. The Morgan fingerprint density at radius 1 is 1.11 bits per heavy atom. The Bertz CT molecular complexity index is 366. The molecular weight excluding hydrogens is 238 g/mol. The van der Waals surface area contributed by atoms with Gasteiger partial charge in [-0.05, 0) is 30.5 Å². The fraction of sp³-hybridized carbons (Fsp3) is 0.625. The van der Waals surface area contributed by atoms with E-state index in [4.69, 9.17) is 9.47 Å². The first-order chi connectivity index (χ1) is 9.24. The summed E-state index contributed by atoms with van der Waals surface area (Å²) in [5.74, 6) is 1.58. The average Bonchev–Trinajstić information content (AvgIpc) is 2.47. The summed E-state index contributed by atoms with van der Waals surface area (Å²) < 4.78 is 10.6. The van der Waals surface area contributed by atoms with E-state index in [9.17, 15) is 0 Å². The van der Waals surface area contributed by atoms with E-state index >= 15 is 0 Å². The van der Waals surface area contributed by atoms with Crippen LogP contribution in [0.4, 0.5) is 0 Å². The third kappa shape index (κ3) is 5.11. The highest BCUT2D eigenvalue weighted by Gasteiger charge is 2.07. The molecule has 0 aliphatic carbocycles. The Balaban J connectivity index is 2.56. The quantitative estimate of drug-likeness (QED) is 0.737. The molecule has 0 aliphatic heterocycles. The number of unbranched alkanes of at least 4 members (excludes halogenated alkanes) is 1.